The third-order valence-electron chi connectivity index (χ3n) is 3.67. The van der Waals surface area contributed by atoms with Gasteiger partial charge in [0.1, 0.15) is 5.76 Å². The van der Waals surface area contributed by atoms with E-state index in [1.807, 2.05) is 0 Å². The summed E-state index contributed by atoms with van der Waals surface area (Å²) in [5.74, 6) is 0.701. The fourth-order valence-corrected chi connectivity index (χ4v) is 2.38. The van der Waals surface area contributed by atoms with Gasteiger partial charge in [-0.2, -0.15) is 0 Å². The number of aromatic nitrogens is 1. The number of nitrogens with zero attached hydrogens (tertiary/aromatic N) is 2. The minimum absolute atomic E-state index is 0.0474. The molecular formula is C14H21N3O5. The van der Waals surface area contributed by atoms with Gasteiger partial charge in [-0.05, 0) is 12.1 Å². The van der Waals surface area contributed by atoms with Crippen LogP contribution in [0.25, 0.3) is 0 Å². The van der Waals surface area contributed by atoms with E-state index in [2.05, 4.69) is 10.5 Å². The Morgan fingerprint density at radius 3 is 2.95 bits per heavy atom. The molecule has 22 heavy (non-hydrogen) atoms. The Hall–Kier alpha value is -2.09. The molecule has 0 aromatic carbocycles. The van der Waals surface area contributed by atoms with E-state index in [0.717, 1.165) is 0 Å². The molecule has 8 nitrogen and oxygen atoms in total. The summed E-state index contributed by atoms with van der Waals surface area (Å²) in [6.45, 7) is 2.74. The summed E-state index contributed by atoms with van der Waals surface area (Å²) in [5.41, 5.74) is -1.00. The predicted molar refractivity (Wildman–Crippen MR) is 76.4 cm³/mol. The van der Waals surface area contributed by atoms with Crippen molar-refractivity contribution < 1.29 is 23.6 Å². The van der Waals surface area contributed by atoms with E-state index in [9.17, 15) is 9.59 Å². The van der Waals surface area contributed by atoms with E-state index in [-0.39, 0.29) is 24.8 Å². The molecule has 0 radical (unpaired) electrons. The van der Waals surface area contributed by atoms with Gasteiger partial charge in [-0.1, -0.05) is 0 Å². The molecule has 1 aliphatic heterocycles. The molecule has 1 saturated heterocycles. The van der Waals surface area contributed by atoms with Gasteiger partial charge in [0.2, 0.25) is 5.91 Å². The summed E-state index contributed by atoms with van der Waals surface area (Å²) < 4.78 is 15.5. The first kappa shape index (κ1) is 16.3. The number of aryl methyl sites for hydroxylation is 1. The maximum absolute atomic E-state index is 12.3. The van der Waals surface area contributed by atoms with E-state index in [1.165, 1.54) is 7.11 Å². The average Bonchev–Trinajstić information content (AvgIpc) is 2.99. The molecule has 2 amide bonds. The number of nitrogens with one attached hydrogen (secondary N) is 1. The standard InChI is InChI=1S/C14H21N3O5/c1-14(13(19)15-2)9-17(6-7-21-14)12(18)5-4-10-8-11(20-3)16-22-10/h8H,4-7,9H2,1-3H3,(H,15,19). The maximum Gasteiger partial charge on any atom is 0.254 e. The van der Waals surface area contributed by atoms with E-state index in [0.29, 0.717) is 31.2 Å². The monoisotopic (exact) mass is 311 g/mol. The van der Waals surface area contributed by atoms with Gasteiger partial charge >= 0.3 is 0 Å². The van der Waals surface area contributed by atoms with E-state index < -0.39 is 5.60 Å². The molecule has 0 bridgehead atoms. The number of hydrogen-bond donors (Lipinski definition) is 1. The fraction of sp³-hybridized carbons (Fsp3) is 0.643. The fourth-order valence-electron chi connectivity index (χ4n) is 2.38. The summed E-state index contributed by atoms with van der Waals surface area (Å²) in [4.78, 5) is 25.8. The smallest absolute Gasteiger partial charge is 0.254 e. The molecule has 1 atom stereocenters. The lowest BCUT2D eigenvalue weighted by Crippen LogP contribution is -2.58. The molecule has 2 rings (SSSR count). The van der Waals surface area contributed by atoms with Crippen LogP contribution in [0.5, 0.6) is 5.88 Å². The molecule has 0 aliphatic carbocycles. The molecule has 1 aliphatic rings. The second-order valence-corrected chi connectivity index (χ2v) is 5.31. The molecule has 1 aromatic rings. The zero-order valence-electron chi connectivity index (χ0n) is 13.0. The molecule has 0 spiro atoms. The molecule has 8 heteroatoms. The van der Waals surface area contributed by atoms with Crippen LogP contribution in [0.1, 0.15) is 19.1 Å². The average molecular weight is 311 g/mol. The lowest BCUT2D eigenvalue weighted by molar-refractivity contribution is -0.162. The summed E-state index contributed by atoms with van der Waals surface area (Å²) >= 11 is 0. The third kappa shape index (κ3) is 3.56. The van der Waals surface area contributed by atoms with Gasteiger partial charge in [0, 0.05) is 32.5 Å². The minimum atomic E-state index is -1.00. The van der Waals surface area contributed by atoms with Gasteiger partial charge in [-0.3, -0.25) is 9.59 Å². The van der Waals surface area contributed by atoms with Crippen molar-refractivity contribution in [3.05, 3.63) is 11.8 Å². The predicted octanol–water partition coefficient (Wildman–Crippen LogP) is -0.0207. The number of morpholine rings is 1. The number of rotatable bonds is 5. The van der Waals surface area contributed by atoms with Crippen molar-refractivity contribution in [3.8, 4) is 5.88 Å². The first-order chi connectivity index (χ1) is 10.5. The van der Waals surface area contributed by atoms with Crippen molar-refractivity contribution in [1.82, 2.24) is 15.4 Å². The van der Waals surface area contributed by atoms with E-state index in [4.69, 9.17) is 14.0 Å². The Balaban J connectivity index is 1.90. The Kier molecular flexibility index (Phi) is 5.02. The van der Waals surface area contributed by atoms with Crippen LogP contribution in [0.15, 0.2) is 10.6 Å². The molecular weight excluding hydrogens is 290 g/mol. The van der Waals surface area contributed by atoms with Crippen molar-refractivity contribution >= 4 is 11.8 Å². The molecule has 1 N–H and O–H groups in total. The lowest BCUT2D eigenvalue weighted by atomic mass is 10.0. The topological polar surface area (TPSA) is 93.9 Å². The van der Waals surface area contributed by atoms with Crippen LogP contribution in [0.3, 0.4) is 0 Å². The van der Waals surface area contributed by atoms with Crippen molar-refractivity contribution in [1.29, 1.82) is 0 Å². The number of carbonyl (C=O) groups excluding carboxylic acids is 2. The van der Waals surface area contributed by atoms with E-state index in [1.54, 1.807) is 24.9 Å². The Morgan fingerprint density at radius 1 is 1.55 bits per heavy atom. The number of methoxy groups -OCH3 is 1. The Morgan fingerprint density at radius 2 is 2.32 bits per heavy atom. The molecule has 122 valence electrons. The quantitative estimate of drug-likeness (QED) is 0.821. The third-order valence-corrected chi connectivity index (χ3v) is 3.67. The first-order valence-corrected chi connectivity index (χ1v) is 7.12. The van der Waals surface area contributed by atoms with Crippen LogP contribution in [0.4, 0.5) is 0 Å². The summed E-state index contributed by atoms with van der Waals surface area (Å²) in [5, 5.41) is 6.25. The minimum Gasteiger partial charge on any atom is -0.479 e. The number of amides is 2. The number of hydrogen-bond acceptors (Lipinski definition) is 6. The largest absolute Gasteiger partial charge is 0.479 e. The second kappa shape index (κ2) is 6.78. The Bertz CT molecular complexity index is 544. The highest BCUT2D eigenvalue weighted by molar-refractivity contribution is 5.86. The zero-order chi connectivity index (χ0) is 16.2. The van der Waals surface area contributed by atoms with Gasteiger partial charge < -0.3 is 24.2 Å². The van der Waals surface area contributed by atoms with E-state index >= 15 is 0 Å². The van der Waals surface area contributed by atoms with Crippen LogP contribution in [0, 0.1) is 0 Å². The van der Waals surface area contributed by atoms with Crippen molar-refractivity contribution in [2.45, 2.75) is 25.4 Å². The maximum atomic E-state index is 12.3. The van der Waals surface area contributed by atoms with Gasteiger partial charge in [-0.25, -0.2) is 0 Å². The van der Waals surface area contributed by atoms with Crippen LogP contribution >= 0.6 is 0 Å². The Labute approximate surface area is 128 Å². The molecule has 1 fully saturated rings. The number of ether oxygens (including phenoxy) is 2. The number of carbonyl (C=O) groups is 2. The summed E-state index contributed by atoms with van der Waals surface area (Å²) in [6, 6.07) is 1.65. The van der Waals surface area contributed by atoms with Crippen LogP contribution < -0.4 is 10.1 Å². The molecule has 1 unspecified atom stereocenters. The van der Waals surface area contributed by atoms with Crippen LogP contribution in [-0.4, -0.2) is 61.3 Å². The van der Waals surface area contributed by atoms with Crippen LogP contribution in [0.2, 0.25) is 0 Å². The van der Waals surface area contributed by atoms with Gasteiger partial charge in [-0.15, -0.1) is 0 Å². The van der Waals surface area contributed by atoms with Gasteiger partial charge in [0.15, 0.2) is 5.60 Å². The highest BCUT2D eigenvalue weighted by atomic mass is 16.5. The number of likely N-dealkylation sites (N-methyl/N-ethyl adjacent to an activating group) is 1. The summed E-state index contributed by atoms with van der Waals surface area (Å²) in [6.07, 6.45) is 0.714. The van der Waals surface area contributed by atoms with Gasteiger partial charge in [0.25, 0.3) is 11.8 Å². The second-order valence-electron chi connectivity index (χ2n) is 5.31. The first-order valence-electron chi connectivity index (χ1n) is 7.12. The van der Waals surface area contributed by atoms with Crippen LogP contribution in [-0.2, 0) is 20.7 Å². The molecule has 1 aromatic heterocycles. The van der Waals surface area contributed by atoms with Gasteiger partial charge in [0.05, 0.1) is 20.3 Å². The molecule has 0 saturated carbocycles. The molecule has 2 heterocycles. The summed E-state index contributed by atoms with van der Waals surface area (Å²) in [7, 11) is 3.05. The highest BCUT2D eigenvalue weighted by Gasteiger charge is 2.40. The van der Waals surface area contributed by atoms with Crippen molar-refractivity contribution in [2.24, 2.45) is 0 Å². The normalized spacial score (nSPS) is 21.5. The highest BCUT2D eigenvalue weighted by Crippen LogP contribution is 2.19. The van der Waals surface area contributed by atoms with Crippen molar-refractivity contribution in [2.75, 3.05) is 33.9 Å². The SMILES string of the molecule is CNC(=O)C1(C)CN(C(=O)CCc2cc(OC)no2)CCO1. The zero-order valence-corrected chi connectivity index (χ0v) is 13.0. The van der Waals surface area contributed by atoms with Crippen molar-refractivity contribution in [3.63, 3.8) is 0 Å². The lowest BCUT2D eigenvalue weighted by Gasteiger charge is -2.39.